The second-order valence-corrected chi connectivity index (χ2v) is 9.14. The molecule has 1 aromatic carbocycles. The highest BCUT2D eigenvalue weighted by molar-refractivity contribution is 5.51. The Morgan fingerprint density at radius 3 is 1.96 bits per heavy atom. The maximum atomic E-state index is 10.9. The Labute approximate surface area is 165 Å². The Hall–Kier alpha value is -1.06. The Bertz CT molecular complexity index is 557. The zero-order chi connectivity index (χ0) is 18.5. The molecule has 1 N–H and O–H groups in total. The molecule has 2 aliphatic heterocycles. The third-order valence-electron chi connectivity index (χ3n) is 7.61. The van der Waals surface area contributed by atoms with Crippen LogP contribution in [0.5, 0.6) is 0 Å². The van der Waals surface area contributed by atoms with Gasteiger partial charge in [0.15, 0.2) is 0 Å². The molecule has 1 spiro atoms. The highest BCUT2D eigenvalue weighted by Crippen LogP contribution is 2.42. The first-order chi connectivity index (χ1) is 13.3. The Morgan fingerprint density at radius 2 is 1.33 bits per heavy atom. The van der Waals surface area contributed by atoms with E-state index in [4.69, 9.17) is 0 Å². The topological polar surface area (TPSA) is 26.7 Å². The number of nitrogens with zero attached hydrogens (tertiary/aromatic N) is 2. The van der Waals surface area contributed by atoms with Gasteiger partial charge in [-0.05, 0) is 44.2 Å². The van der Waals surface area contributed by atoms with Crippen molar-refractivity contribution in [2.45, 2.75) is 94.7 Å². The van der Waals surface area contributed by atoms with Crippen LogP contribution in [0.1, 0.15) is 77.0 Å². The first kappa shape index (κ1) is 19.3. The van der Waals surface area contributed by atoms with E-state index in [1.165, 1.54) is 63.5 Å². The fourth-order valence-corrected chi connectivity index (χ4v) is 5.95. The lowest BCUT2D eigenvalue weighted by Crippen LogP contribution is -2.58. The summed E-state index contributed by atoms with van der Waals surface area (Å²) in [5, 5.41) is 10.9. The van der Waals surface area contributed by atoms with Gasteiger partial charge in [-0.15, -0.1) is 0 Å². The van der Waals surface area contributed by atoms with Crippen molar-refractivity contribution >= 4 is 5.69 Å². The van der Waals surface area contributed by atoms with Crippen molar-refractivity contribution in [3.8, 4) is 0 Å². The van der Waals surface area contributed by atoms with Gasteiger partial charge in [-0.3, -0.25) is 0 Å². The molecule has 3 aliphatic rings. The fourth-order valence-electron chi connectivity index (χ4n) is 5.95. The van der Waals surface area contributed by atoms with Gasteiger partial charge in [-0.1, -0.05) is 63.1 Å². The maximum Gasteiger partial charge on any atom is 0.0789 e. The number of aliphatic hydroxyl groups excluding tert-OH is 1. The zero-order valence-electron chi connectivity index (χ0n) is 17.0. The molecule has 3 nitrogen and oxygen atoms in total. The lowest BCUT2D eigenvalue weighted by Gasteiger charge is -2.49. The number of rotatable bonds is 2. The van der Waals surface area contributed by atoms with Gasteiger partial charge in [-0.25, -0.2) is 0 Å². The number of piperidine rings is 1. The Kier molecular flexibility index (Phi) is 6.39. The molecule has 1 aliphatic carbocycles. The molecule has 1 saturated carbocycles. The number of hydrogen-bond acceptors (Lipinski definition) is 3. The normalized spacial score (nSPS) is 28.5. The number of hydrogen-bond donors (Lipinski definition) is 1. The predicted octanol–water partition coefficient (Wildman–Crippen LogP) is 4.99. The molecule has 27 heavy (non-hydrogen) atoms. The summed E-state index contributed by atoms with van der Waals surface area (Å²) in [5.41, 5.74) is 1.26. The highest BCUT2D eigenvalue weighted by Gasteiger charge is 2.50. The van der Waals surface area contributed by atoms with Crippen LogP contribution < -0.4 is 4.90 Å². The van der Waals surface area contributed by atoms with E-state index >= 15 is 0 Å². The fraction of sp³-hybridized carbons (Fsp3) is 0.750. The first-order valence-corrected chi connectivity index (χ1v) is 11.5. The summed E-state index contributed by atoms with van der Waals surface area (Å²) >= 11 is 0. The third-order valence-corrected chi connectivity index (χ3v) is 7.61. The maximum absolute atomic E-state index is 10.9. The summed E-state index contributed by atoms with van der Waals surface area (Å²) < 4.78 is 0. The van der Waals surface area contributed by atoms with E-state index in [-0.39, 0.29) is 11.6 Å². The summed E-state index contributed by atoms with van der Waals surface area (Å²) in [6, 6.07) is 11.6. The molecule has 1 atom stereocenters. The van der Waals surface area contributed by atoms with Crippen molar-refractivity contribution in [2.75, 3.05) is 24.5 Å². The molecule has 3 fully saturated rings. The average Bonchev–Trinajstić information content (AvgIpc) is 3.03. The Balaban J connectivity index is 1.41. The molecule has 0 radical (unpaired) electrons. The van der Waals surface area contributed by atoms with Crippen LogP contribution in [0.15, 0.2) is 30.3 Å². The number of benzene rings is 1. The largest absolute Gasteiger partial charge is 0.391 e. The molecule has 3 heteroatoms. The van der Waals surface area contributed by atoms with Gasteiger partial charge >= 0.3 is 0 Å². The minimum Gasteiger partial charge on any atom is -0.391 e. The summed E-state index contributed by atoms with van der Waals surface area (Å²) in [6.07, 6.45) is 15.7. The van der Waals surface area contributed by atoms with Crippen LogP contribution >= 0.6 is 0 Å². The quantitative estimate of drug-likeness (QED) is 0.795. The summed E-state index contributed by atoms with van der Waals surface area (Å²) in [6.45, 7) is 3.31. The molecule has 0 bridgehead atoms. The van der Waals surface area contributed by atoms with Gasteiger partial charge in [0.2, 0.25) is 0 Å². The summed E-state index contributed by atoms with van der Waals surface area (Å²) in [4.78, 5) is 5.31. The van der Waals surface area contributed by atoms with E-state index < -0.39 is 0 Å². The van der Waals surface area contributed by atoms with E-state index in [0.29, 0.717) is 0 Å². The van der Waals surface area contributed by atoms with Crippen LogP contribution in [0.25, 0.3) is 0 Å². The summed E-state index contributed by atoms with van der Waals surface area (Å²) in [5.74, 6) is 0. The van der Waals surface area contributed by atoms with Crippen LogP contribution in [0.2, 0.25) is 0 Å². The highest BCUT2D eigenvalue weighted by atomic mass is 16.3. The molecule has 2 saturated heterocycles. The van der Waals surface area contributed by atoms with Crippen molar-refractivity contribution in [3.05, 3.63) is 30.3 Å². The summed E-state index contributed by atoms with van der Waals surface area (Å²) in [7, 11) is 0. The minimum absolute atomic E-state index is 0.0339. The third kappa shape index (κ3) is 4.19. The molecule has 1 aromatic rings. The van der Waals surface area contributed by atoms with Crippen molar-refractivity contribution in [3.63, 3.8) is 0 Å². The molecular weight excluding hydrogens is 332 g/mol. The van der Waals surface area contributed by atoms with E-state index in [1.54, 1.807) is 0 Å². The van der Waals surface area contributed by atoms with E-state index in [0.717, 1.165) is 44.9 Å². The van der Waals surface area contributed by atoms with Crippen molar-refractivity contribution in [1.29, 1.82) is 0 Å². The zero-order valence-corrected chi connectivity index (χ0v) is 17.0. The van der Waals surface area contributed by atoms with Crippen LogP contribution in [-0.4, -0.2) is 47.3 Å². The van der Waals surface area contributed by atoms with Crippen LogP contribution in [0.3, 0.4) is 0 Å². The molecule has 4 rings (SSSR count). The van der Waals surface area contributed by atoms with Gasteiger partial charge in [0.05, 0.1) is 11.6 Å². The molecule has 0 aromatic heterocycles. The van der Waals surface area contributed by atoms with Crippen LogP contribution in [-0.2, 0) is 0 Å². The van der Waals surface area contributed by atoms with Crippen LogP contribution in [0, 0.1) is 0 Å². The molecule has 0 unspecified atom stereocenters. The molecule has 0 amide bonds. The lowest BCUT2D eigenvalue weighted by atomic mass is 9.81. The van der Waals surface area contributed by atoms with E-state index in [2.05, 4.69) is 40.1 Å². The number of anilines is 1. The second-order valence-electron chi connectivity index (χ2n) is 9.14. The van der Waals surface area contributed by atoms with Crippen LogP contribution in [0.4, 0.5) is 5.69 Å². The van der Waals surface area contributed by atoms with Gasteiger partial charge in [0, 0.05) is 31.4 Å². The smallest absolute Gasteiger partial charge is 0.0789 e. The number of aliphatic hydroxyl groups is 1. The lowest BCUT2D eigenvalue weighted by molar-refractivity contribution is 0.0371. The van der Waals surface area contributed by atoms with Gasteiger partial charge in [-0.2, -0.15) is 0 Å². The Morgan fingerprint density at radius 1 is 0.741 bits per heavy atom. The molecule has 2 heterocycles. The van der Waals surface area contributed by atoms with Gasteiger partial charge in [0.25, 0.3) is 0 Å². The van der Waals surface area contributed by atoms with Crippen molar-refractivity contribution in [1.82, 2.24) is 4.90 Å². The number of para-hydroxylation sites is 1. The number of likely N-dealkylation sites (tertiary alicyclic amines) is 1. The predicted molar refractivity (Wildman–Crippen MR) is 113 cm³/mol. The molecular formula is C24H38N2O. The van der Waals surface area contributed by atoms with Gasteiger partial charge < -0.3 is 14.9 Å². The first-order valence-electron chi connectivity index (χ1n) is 11.5. The second kappa shape index (κ2) is 8.96. The van der Waals surface area contributed by atoms with Crippen molar-refractivity contribution < 1.29 is 5.11 Å². The monoisotopic (exact) mass is 370 g/mol. The average molecular weight is 371 g/mol. The van der Waals surface area contributed by atoms with E-state index in [9.17, 15) is 5.11 Å². The molecule has 150 valence electrons. The standard InChI is InChI=1S/C24H38N2O/c27-23-15-18-26(22-13-9-6-10-14-22)24(23)16-19-25(20-17-24)21-11-7-4-2-1-3-5-8-12-21/h6,9-10,13-14,21,23,27H,1-5,7-8,11-12,15-20H2/t23-/m0/s1. The van der Waals surface area contributed by atoms with Crippen molar-refractivity contribution in [2.24, 2.45) is 0 Å². The SMILES string of the molecule is O[C@H]1CCN(c2ccccc2)C12CCN(C1CCCCCCCCC1)CC2. The van der Waals surface area contributed by atoms with Gasteiger partial charge in [0.1, 0.15) is 0 Å². The minimum atomic E-state index is -0.177. The van der Waals surface area contributed by atoms with E-state index in [1.807, 2.05) is 0 Å².